The summed E-state index contributed by atoms with van der Waals surface area (Å²) in [6.45, 7) is 7.65. The van der Waals surface area contributed by atoms with Gasteiger partial charge in [-0.05, 0) is 80.7 Å². The van der Waals surface area contributed by atoms with Crippen molar-refractivity contribution in [2.24, 2.45) is 16.1 Å². The van der Waals surface area contributed by atoms with E-state index in [1.54, 1.807) is 17.8 Å². The quantitative estimate of drug-likeness (QED) is 0.0837. The molecule has 12 heteroatoms. The predicted octanol–water partition coefficient (Wildman–Crippen LogP) is 6.50. The highest BCUT2D eigenvalue weighted by Gasteiger charge is 2.30. The number of carbonyl (C=O) groups is 1. The molecule has 1 aliphatic carbocycles. The molecule has 0 unspecified atom stereocenters. The standard InChI is InChI=1S/C38H48N8O3S/c1-38(2,3)33(39)22-34(41-26-9-7-10-28(21-26)50-20-19-47)42-37(48)40-23-25-14-16-32(30-12-6-5-11-29(25)30)49-27-15-17-35-43-44-36(46(35)24-27)31-13-8-18-45(31)4/h5-7,9-12,15,17,21-22,24-25,31-32,47H,8,13-14,16,18-20,23,39H2,1-4H3,(H2,40,41,42,48)/t25-,31+,32-/m1/s1. The molecule has 2 aromatic carbocycles. The zero-order valence-corrected chi connectivity index (χ0v) is 30.1. The van der Waals surface area contributed by atoms with Crippen LogP contribution in [0.5, 0.6) is 5.75 Å². The summed E-state index contributed by atoms with van der Waals surface area (Å²) in [4.78, 5) is 21.4. The van der Waals surface area contributed by atoms with Gasteiger partial charge in [0.1, 0.15) is 17.7 Å². The monoisotopic (exact) mass is 696 g/mol. The number of fused-ring (bicyclic) bond motifs is 2. The molecular formula is C38H48N8O3S. The first-order chi connectivity index (χ1) is 24.1. The molecule has 264 valence electrons. The largest absolute Gasteiger partial charge is 0.484 e. The molecule has 3 heterocycles. The van der Waals surface area contributed by atoms with Gasteiger partial charge >= 0.3 is 6.03 Å². The highest BCUT2D eigenvalue weighted by atomic mass is 32.2. The molecule has 11 nitrogen and oxygen atoms in total. The van der Waals surface area contributed by atoms with Gasteiger partial charge < -0.3 is 20.9 Å². The molecule has 2 amide bonds. The Labute approximate surface area is 298 Å². The summed E-state index contributed by atoms with van der Waals surface area (Å²) in [5.41, 5.74) is 10.5. The summed E-state index contributed by atoms with van der Waals surface area (Å²) >= 11 is 1.54. The number of nitrogens with one attached hydrogen (secondary N) is 2. The Hall–Kier alpha value is -4.39. The number of amidine groups is 1. The number of urea groups is 1. The number of nitrogens with zero attached hydrogens (tertiary/aromatic N) is 5. The summed E-state index contributed by atoms with van der Waals surface area (Å²) in [7, 11) is 2.14. The van der Waals surface area contributed by atoms with Crippen molar-refractivity contribution in [2.45, 2.75) is 69.4 Å². The molecule has 50 heavy (non-hydrogen) atoms. The Morgan fingerprint density at radius 1 is 1.10 bits per heavy atom. The van der Waals surface area contributed by atoms with Gasteiger partial charge in [-0.15, -0.1) is 22.0 Å². The second-order valence-corrected chi connectivity index (χ2v) is 15.2. The first-order valence-corrected chi connectivity index (χ1v) is 18.3. The van der Waals surface area contributed by atoms with E-state index in [4.69, 9.17) is 15.5 Å². The number of aliphatic hydroxyl groups excluding tert-OH is 1. The van der Waals surface area contributed by atoms with E-state index in [-0.39, 0.29) is 36.1 Å². The lowest BCUT2D eigenvalue weighted by atomic mass is 9.81. The molecule has 0 saturated carbocycles. The highest BCUT2D eigenvalue weighted by Crippen LogP contribution is 2.40. The van der Waals surface area contributed by atoms with Crippen LogP contribution in [0.25, 0.3) is 5.65 Å². The maximum absolute atomic E-state index is 13.3. The third kappa shape index (κ3) is 8.48. The van der Waals surface area contributed by atoms with Crippen LogP contribution in [0.3, 0.4) is 0 Å². The SMILES string of the molecule is CN1CCC[C@H]1c1nnc2ccc(O[C@@H]3CC[C@H](CNC(=O)NC(C=C(N)C(C)(C)C)=Nc4cccc(SCCO)c4)c4ccccc43)cn12. The number of benzene rings is 2. The zero-order valence-electron chi connectivity index (χ0n) is 29.3. The lowest BCUT2D eigenvalue weighted by Crippen LogP contribution is -2.41. The molecule has 1 aliphatic heterocycles. The average Bonchev–Trinajstić information content (AvgIpc) is 3.71. The first-order valence-electron chi connectivity index (χ1n) is 17.3. The van der Waals surface area contributed by atoms with Crippen LogP contribution in [-0.4, -0.2) is 69.0 Å². The van der Waals surface area contributed by atoms with Crippen molar-refractivity contribution < 1.29 is 14.6 Å². The van der Waals surface area contributed by atoms with Crippen LogP contribution in [0.15, 0.2) is 88.5 Å². The van der Waals surface area contributed by atoms with Crippen molar-refractivity contribution >= 4 is 35.0 Å². The Balaban J connectivity index is 1.14. The fraction of sp³-hybridized carbons (Fsp3) is 0.421. The number of likely N-dealkylation sites (tertiary alicyclic amines) is 1. The summed E-state index contributed by atoms with van der Waals surface area (Å²) in [6, 6.07) is 19.9. The van der Waals surface area contributed by atoms with E-state index in [1.807, 2.05) is 75.5 Å². The minimum Gasteiger partial charge on any atom is -0.484 e. The van der Waals surface area contributed by atoms with Crippen molar-refractivity contribution in [2.75, 3.05) is 32.5 Å². The lowest BCUT2D eigenvalue weighted by Gasteiger charge is -2.32. The fourth-order valence-electron chi connectivity index (χ4n) is 6.54. The molecule has 2 aromatic heterocycles. The van der Waals surface area contributed by atoms with Gasteiger partial charge in [-0.3, -0.25) is 14.6 Å². The molecule has 5 N–H and O–H groups in total. The van der Waals surface area contributed by atoms with Gasteiger partial charge in [0.25, 0.3) is 0 Å². The van der Waals surface area contributed by atoms with Crippen LogP contribution in [0.2, 0.25) is 0 Å². The average molecular weight is 697 g/mol. The Kier molecular flexibility index (Phi) is 11.1. The number of nitrogens with two attached hydrogens (primary N) is 1. The molecule has 1 saturated heterocycles. The van der Waals surface area contributed by atoms with Crippen LogP contribution in [0.1, 0.15) is 81.5 Å². The van der Waals surface area contributed by atoms with Crippen molar-refractivity contribution in [1.82, 2.24) is 30.1 Å². The van der Waals surface area contributed by atoms with E-state index in [2.05, 4.69) is 49.3 Å². The van der Waals surface area contributed by atoms with Crippen LogP contribution >= 0.6 is 11.8 Å². The Morgan fingerprint density at radius 2 is 1.92 bits per heavy atom. The Morgan fingerprint density at radius 3 is 2.68 bits per heavy atom. The molecular weight excluding hydrogens is 649 g/mol. The zero-order chi connectivity index (χ0) is 35.3. The van der Waals surface area contributed by atoms with E-state index in [1.165, 1.54) is 5.56 Å². The Bertz CT molecular complexity index is 1870. The molecule has 0 bridgehead atoms. The third-order valence-corrected chi connectivity index (χ3v) is 10.4. The number of thioether (sulfide) groups is 1. The number of carbonyl (C=O) groups excluding carboxylic acids is 1. The third-order valence-electron chi connectivity index (χ3n) is 9.39. The van der Waals surface area contributed by atoms with Crippen molar-refractivity contribution in [3.05, 3.63) is 95.6 Å². The van der Waals surface area contributed by atoms with Gasteiger partial charge in [0, 0.05) is 40.3 Å². The number of rotatable bonds is 10. The lowest BCUT2D eigenvalue weighted by molar-refractivity contribution is 0.175. The van der Waals surface area contributed by atoms with Crippen molar-refractivity contribution in [3.8, 4) is 5.75 Å². The van der Waals surface area contributed by atoms with Crippen LogP contribution in [0.4, 0.5) is 10.5 Å². The maximum atomic E-state index is 13.3. The van der Waals surface area contributed by atoms with Crippen LogP contribution in [0, 0.1) is 5.41 Å². The molecule has 4 aromatic rings. The summed E-state index contributed by atoms with van der Waals surface area (Å²) in [5, 5.41) is 24.2. The van der Waals surface area contributed by atoms with E-state index < -0.39 is 0 Å². The van der Waals surface area contributed by atoms with Gasteiger partial charge in [0.15, 0.2) is 11.5 Å². The second kappa shape index (κ2) is 15.7. The number of aliphatic hydroxyl groups is 1. The molecule has 1 fully saturated rings. The van der Waals surface area contributed by atoms with Gasteiger partial charge in [0.2, 0.25) is 0 Å². The number of pyridine rings is 1. The normalized spacial score (nSPS) is 20.1. The van der Waals surface area contributed by atoms with E-state index in [0.717, 1.165) is 59.9 Å². The van der Waals surface area contributed by atoms with Gasteiger partial charge in [0.05, 0.1) is 24.5 Å². The van der Waals surface area contributed by atoms with Gasteiger partial charge in [-0.2, -0.15) is 0 Å². The minimum absolute atomic E-state index is 0.0921. The van der Waals surface area contributed by atoms with Crippen LogP contribution in [-0.2, 0) is 0 Å². The number of hydrogen-bond acceptors (Lipinski definition) is 9. The minimum atomic E-state index is -0.352. The van der Waals surface area contributed by atoms with E-state index >= 15 is 0 Å². The number of hydrogen-bond donors (Lipinski definition) is 4. The summed E-state index contributed by atoms with van der Waals surface area (Å²) < 4.78 is 8.71. The van der Waals surface area contributed by atoms with Gasteiger partial charge in [-0.25, -0.2) is 9.79 Å². The molecule has 2 aliphatic rings. The van der Waals surface area contributed by atoms with Crippen molar-refractivity contribution in [1.29, 1.82) is 0 Å². The number of aliphatic imine (C=N–C) groups is 1. The highest BCUT2D eigenvalue weighted by molar-refractivity contribution is 7.99. The van der Waals surface area contributed by atoms with Crippen molar-refractivity contribution in [3.63, 3.8) is 0 Å². The summed E-state index contributed by atoms with van der Waals surface area (Å²) in [6.07, 6.45) is 7.51. The second-order valence-electron chi connectivity index (χ2n) is 14.1. The molecule has 3 atom stereocenters. The van der Waals surface area contributed by atoms with E-state index in [0.29, 0.717) is 29.5 Å². The first kappa shape index (κ1) is 35.4. The van der Waals surface area contributed by atoms with Gasteiger partial charge in [-0.1, -0.05) is 51.1 Å². The summed E-state index contributed by atoms with van der Waals surface area (Å²) in [5.74, 6) is 2.80. The fourth-order valence-corrected chi connectivity index (χ4v) is 7.25. The maximum Gasteiger partial charge on any atom is 0.320 e. The smallest absolute Gasteiger partial charge is 0.320 e. The number of aromatic nitrogens is 3. The van der Waals surface area contributed by atoms with Crippen LogP contribution < -0.4 is 21.1 Å². The number of ether oxygens (including phenoxy) is 1. The molecule has 0 spiro atoms. The number of amides is 2. The molecule has 0 radical (unpaired) electrons. The number of allylic oxidation sites excluding steroid dienone is 1. The molecule has 6 rings (SSSR count). The van der Waals surface area contributed by atoms with E-state index in [9.17, 15) is 9.90 Å². The topological polar surface area (TPSA) is 142 Å². The predicted molar refractivity (Wildman–Crippen MR) is 199 cm³/mol.